The predicted molar refractivity (Wildman–Crippen MR) is 71.8 cm³/mol. The number of nitrogens with zero attached hydrogens (tertiary/aromatic N) is 2. The average molecular weight is 257 g/mol. The van der Waals surface area contributed by atoms with Gasteiger partial charge < -0.3 is 15.2 Å². The maximum Gasteiger partial charge on any atom is 0.0599 e. The second-order valence-electron chi connectivity index (χ2n) is 5.93. The van der Waals surface area contributed by atoms with E-state index in [-0.39, 0.29) is 18.2 Å². The first kappa shape index (κ1) is 14.2. The van der Waals surface area contributed by atoms with Crippen molar-refractivity contribution in [2.75, 3.05) is 59.1 Å². The van der Waals surface area contributed by atoms with Gasteiger partial charge in [-0.25, -0.2) is 0 Å². The Kier molecular flexibility index (Phi) is 4.98. The molecule has 106 valence electrons. The first-order valence-electron chi connectivity index (χ1n) is 7.02. The highest BCUT2D eigenvalue weighted by atomic mass is 16.5. The average Bonchev–Trinajstić information content (AvgIpc) is 2.37. The summed E-state index contributed by atoms with van der Waals surface area (Å²) in [5.41, 5.74) is 0.123. The maximum absolute atomic E-state index is 9.52. The van der Waals surface area contributed by atoms with Crippen LogP contribution in [0.3, 0.4) is 0 Å². The number of hydrogen-bond donors (Lipinski definition) is 2. The van der Waals surface area contributed by atoms with Crippen molar-refractivity contribution in [2.24, 2.45) is 0 Å². The summed E-state index contributed by atoms with van der Waals surface area (Å²) in [5, 5.41) is 12.9. The van der Waals surface area contributed by atoms with Crippen LogP contribution in [0.25, 0.3) is 0 Å². The number of morpholine rings is 1. The molecule has 0 radical (unpaired) electrons. The van der Waals surface area contributed by atoms with E-state index in [1.165, 1.54) is 0 Å². The quantitative estimate of drug-likeness (QED) is 0.702. The van der Waals surface area contributed by atoms with Gasteiger partial charge in [0.15, 0.2) is 0 Å². The fourth-order valence-electron chi connectivity index (χ4n) is 2.97. The number of rotatable bonds is 4. The zero-order chi connectivity index (χ0) is 13.0. The third-order valence-corrected chi connectivity index (χ3v) is 4.13. The Morgan fingerprint density at radius 3 is 2.67 bits per heavy atom. The van der Waals surface area contributed by atoms with E-state index in [4.69, 9.17) is 4.74 Å². The zero-order valence-corrected chi connectivity index (χ0v) is 11.7. The van der Waals surface area contributed by atoms with Gasteiger partial charge in [0.25, 0.3) is 0 Å². The molecule has 0 aliphatic carbocycles. The molecule has 0 spiro atoms. The van der Waals surface area contributed by atoms with Crippen molar-refractivity contribution in [3.05, 3.63) is 0 Å². The van der Waals surface area contributed by atoms with Gasteiger partial charge in [-0.3, -0.25) is 9.80 Å². The van der Waals surface area contributed by atoms with Crippen LogP contribution in [-0.4, -0.2) is 85.6 Å². The molecule has 0 saturated carbocycles. The normalized spacial score (nSPS) is 30.5. The monoisotopic (exact) mass is 257 g/mol. The van der Waals surface area contributed by atoms with Crippen molar-refractivity contribution >= 4 is 0 Å². The number of aliphatic hydroxyl groups is 1. The fourth-order valence-corrected chi connectivity index (χ4v) is 2.97. The number of hydrogen-bond acceptors (Lipinski definition) is 5. The highest BCUT2D eigenvalue weighted by Crippen LogP contribution is 2.20. The van der Waals surface area contributed by atoms with E-state index >= 15 is 0 Å². The summed E-state index contributed by atoms with van der Waals surface area (Å²) in [6.45, 7) is 12.5. The summed E-state index contributed by atoms with van der Waals surface area (Å²) in [7, 11) is 0. The summed E-state index contributed by atoms with van der Waals surface area (Å²) in [5.74, 6) is 0. The lowest BCUT2D eigenvalue weighted by Crippen LogP contribution is -2.65. The number of aliphatic hydroxyl groups excluding tert-OH is 1. The SMILES string of the molecule is CC1(C)CNCC(CO)N1CCN1CCOCC1. The predicted octanol–water partition coefficient (Wildman–Crippen LogP) is -0.637. The Labute approximate surface area is 110 Å². The molecular formula is C13H27N3O2. The van der Waals surface area contributed by atoms with Crippen LogP contribution >= 0.6 is 0 Å². The van der Waals surface area contributed by atoms with Gasteiger partial charge in [-0.15, -0.1) is 0 Å². The molecule has 5 nitrogen and oxygen atoms in total. The van der Waals surface area contributed by atoms with Gasteiger partial charge in [0.2, 0.25) is 0 Å². The molecule has 0 amide bonds. The molecule has 18 heavy (non-hydrogen) atoms. The van der Waals surface area contributed by atoms with Crippen LogP contribution in [0, 0.1) is 0 Å². The Morgan fingerprint density at radius 1 is 1.28 bits per heavy atom. The van der Waals surface area contributed by atoms with E-state index in [0.29, 0.717) is 0 Å². The van der Waals surface area contributed by atoms with Gasteiger partial charge in [0, 0.05) is 50.8 Å². The minimum Gasteiger partial charge on any atom is -0.395 e. The molecule has 2 N–H and O–H groups in total. The van der Waals surface area contributed by atoms with Gasteiger partial charge in [0.1, 0.15) is 0 Å². The van der Waals surface area contributed by atoms with Crippen LogP contribution < -0.4 is 5.32 Å². The summed E-state index contributed by atoms with van der Waals surface area (Å²) in [6, 6.07) is 0.245. The second kappa shape index (κ2) is 6.30. The third-order valence-electron chi connectivity index (χ3n) is 4.13. The molecule has 0 aromatic heterocycles. The van der Waals surface area contributed by atoms with Crippen LogP contribution in [0.4, 0.5) is 0 Å². The lowest BCUT2D eigenvalue weighted by molar-refractivity contribution is -0.0110. The molecule has 1 unspecified atom stereocenters. The van der Waals surface area contributed by atoms with E-state index < -0.39 is 0 Å². The molecule has 0 bridgehead atoms. The minimum atomic E-state index is 0.123. The lowest BCUT2D eigenvalue weighted by atomic mass is 9.96. The third kappa shape index (κ3) is 3.42. The second-order valence-corrected chi connectivity index (χ2v) is 5.93. The molecule has 2 aliphatic rings. The summed E-state index contributed by atoms with van der Waals surface area (Å²) < 4.78 is 5.37. The molecule has 2 heterocycles. The van der Waals surface area contributed by atoms with Crippen molar-refractivity contribution < 1.29 is 9.84 Å². The van der Waals surface area contributed by atoms with E-state index in [1.807, 2.05) is 0 Å². The minimum absolute atomic E-state index is 0.123. The van der Waals surface area contributed by atoms with Crippen molar-refractivity contribution in [3.63, 3.8) is 0 Å². The molecule has 2 aliphatic heterocycles. The van der Waals surface area contributed by atoms with Gasteiger partial charge >= 0.3 is 0 Å². The molecule has 5 heteroatoms. The number of ether oxygens (including phenoxy) is 1. The summed E-state index contributed by atoms with van der Waals surface area (Å²) >= 11 is 0. The van der Waals surface area contributed by atoms with E-state index in [2.05, 4.69) is 29.0 Å². The highest BCUT2D eigenvalue weighted by molar-refractivity contribution is 4.94. The fraction of sp³-hybridized carbons (Fsp3) is 1.00. The Bertz CT molecular complexity index is 255. The Hall–Kier alpha value is -0.200. The van der Waals surface area contributed by atoms with Crippen LogP contribution in [0.15, 0.2) is 0 Å². The summed E-state index contributed by atoms with van der Waals surface area (Å²) in [6.07, 6.45) is 0. The first-order chi connectivity index (χ1) is 8.63. The van der Waals surface area contributed by atoms with Crippen molar-refractivity contribution in [3.8, 4) is 0 Å². The molecule has 2 rings (SSSR count). The number of piperazine rings is 1. The zero-order valence-electron chi connectivity index (χ0n) is 11.7. The molecular weight excluding hydrogens is 230 g/mol. The maximum atomic E-state index is 9.52. The van der Waals surface area contributed by atoms with Gasteiger partial charge in [-0.2, -0.15) is 0 Å². The first-order valence-corrected chi connectivity index (χ1v) is 7.02. The van der Waals surface area contributed by atoms with Crippen molar-refractivity contribution in [1.29, 1.82) is 0 Å². The van der Waals surface area contributed by atoms with Crippen molar-refractivity contribution in [2.45, 2.75) is 25.4 Å². The van der Waals surface area contributed by atoms with Gasteiger partial charge in [-0.1, -0.05) is 0 Å². The van der Waals surface area contributed by atoms with Crippen LogP contribution in [0.5, 0.6) is 0 Å². The molecule has 0 aromatic rings. The molecule has 1 atom stereocenters. The van der Waals surface area contributed by atoms with Gasteiger partial charge in [-0.05, 0) is 13.8 Å². The van der Waals surface area contributed by atoms with Crippen LogP contribution in [-0.2, 0) is 4.74 Å². The molecule has 2 fully saturated rings. The van der Waals surface area contributed by atoms with Crippen LogP contribution in [0.2, 0.25) is 0 Å². The smallest absolute Gasteiger partial charge is 0.0599 e. The Morgan fingerprint density at radius 2 is 2.00 bits per heavy atom. The molecule has 2 saturated heterocycles. The number of nitrogens with one attached hydrogen (secondary N) is 1. The van der Waals surface area contributed by atoms with E-state index in [1.54, 1.807) is 0 Å². The Balaban J connectivity index is 1.87. The standard InChI is InChI=1S/C13H27N3O2/c1-13(2)11-14-9-12(10-17)16(13)4-3-15-5-7-18-8-6-15/h12,14,17H,3-11H2,1-2H3. The largest absolute Gasteiger partial charge is 0.395 e. The van der Waals surface area contributed by atoms with Gasteiger partial charge in [0.05, 0.1) is 19.8 Å². The highest BCUT2D eigenvalue weighted by Gasteiger charge is 2.35. The van der Waals surface area contributed by atoms with E-state index in [9.17, 15) is 5.11 Å². The summed E-state index contributed by atoms with van der Waals surface area (Å²) in [4.78, 5) is 4.91. The van der Waals surface area contributed by atoms with Crippen molar-refractivity contribution in [1.82, 2.24) is 15.1 Å². The topological polar surface area (TPSA) is 48.0 Å². The lowest BCUT2D eigenvalue weighted by Gasteiger charge is -2.48. The van der Waals surface area contributed by atoms with Crippen LogP contribution in [0.1, 0.15) is 13.8 Å². The molecule has 0 aromatic carbocycles. The van der Waals surface area contributed by atoms with E-state index in [0.717, 1.165) is 52.5 Å².